The Bertz CT molecular complexity index is 779. The number of imidazole rings is 1. The van der Waals surface area contributed by atoms with Crippen molar-refractivity contribution in [3.8, 4) is 17.7 Å². The van der Waals surface area contributed by atoms with Gasteiger partial charge in [0.2, 0.25) is 11.9 Å². The molecule has 3 rings (SSSR count). The lowest BCUT2D eigenvalue weighted by Crippen LogP contribution is -2.06. The summed E-state index contributed by atoms with van der Waals surface area (Å²) >= 11 is 3.06. The monoisotopic (exact) mass is 350 g/mol. The van der Waals surface area contributed by atoms with Gasteiger partial charge in [0.25, 0.3) is 0 Å². The van der Waals surface area contributed by atoms with E-state index in [0.717, 1.165) is 0 Å². The summed E-state index contributed by atoms with van der Waals surface area (Å²) in [4.78, 5) is 15.8. The number of anilines is 1. The van der Waals surface area contributed by atoms with Crippen molar-refractivity contribution >= 4 is 21.9 Å². The fourth-order valence-electron chi connectivity index (χ4n) is 1.55. The SMILES string of the molecule is Nc1nc(Oc2ccc(Br)c(F)c2)nc(-n2ccnc2)n1. The number of aromatic nitrogens is 5. The summed E-state index contributed by atoms with van der Waals surface area (Å²) in [7, 11) is 0. The molecule has 0 spiro atoms. The van der Waals surface area contributed by atoms with Gasteiger partial charge in [0.1, 0.15) is 17.9 Å². The van der Waals surface area contributed by atoms with Gasteiger partial charge in [-0.05, 0) is 28.1 Å². The van der Waals surface area contributed by atoms with Gasteiger partial charge in [-0.25, -0.2) is 9.37 Å². The van der Waals surface area contributed by atoms with Crippen LogP contribution in [0.15, 0.2) is 41.4 Å². The average Bonchev–Trinajstić information content (AvgIpc) is 2.96. The molecule has 1 aromatic carbocycles. The first-order valence-corrected chi connectivity index (χ1v) is 6.54. The zero-order chi connectivity index (χ0) is 14.8. The van der Waals surface area contributed by atoms with Gasteiger partial charge in [-0.1, -0.05) is 0 Å². The molecule has 3 aromatic rings. The molecule has 0 atom stereocenters. The minimum atomic E-state index is -0.454. The second kappa shape index (κ2) is 5.44. The second-order valence-corrected chi connectivity index (χ2v) is 4.78. The van der Waals surface area contributed by atoms with Crippen molar-refractivity contribution in [3.63, 3.8) is 0 Å². The first-order chi connectivity index (χ1) is 10.1. The zero-order valence-electron chi connectivity index (χ0n) is 10.4. The molecule has 0 unspecified atom stereocenters. The number of hydrogen-bond acceptors (Lipinski definition) is 6. The molecule has 0 fully saturated rings. The summed E-state index contributed by atoms with van der Waals surface area (Å²) in [6.07, 6.45) is 4.74. The lowest BCUT2D eigenvalue weighted by atomic mass is 10.3. The number of hydrogen-bond donors (Lipinski definition) is 1. The Morgan fingerprint density at radius 3 is 2.81 bits per heavy atom. The molecule has 0 aliphatic carbocycles. The molecule has 106 valence electrons. The predicted molar refractivity (Wildman–Crippen MR) is 75.5 cm³/mol. The largest absolute Gasteiger partial charge is 0.424 e. The van der Waals surface area contributed by atoms with E-state index < -0.39 is 5.82 Å². The van der Waals surface area contributed by atoms with Crippen LogP contribution in [0.1, 0.15) is 0 Å². The minimum absolute atomic E-state index is 0.0127. The third-order valence-corrected chi connectivity index (χ3v) is 3.10. The van der Waals surface area contributed by atoms with E-state index >= 15 is 0 Å². The molecule has 0 saturated carbocycles. The molecule has 0 saturated heterocycles. The lowest BCUT2D eigenvalue weighted by Gasteiger charge is -2.07. The Kier molecular flexibility index (Phi) is 3.48. The first kappa shape index (κ1) is 13.4. The molecular formula is C12H8BrFN6O. The van der Waals surface area contributed by atoms with Gasteiger partial charge in [0, 0.05) is 18.5 Å². The Morgan fingerprint density at radius 2 is 2.10 bits per heavy atom. The van der Waals surface area contributed by atoms with Crippen LogP contribution in [0.2, 0.25) is 0 Å². The number of benzene rings is 1. The maximum Gasteiger partial charge on any atom is 0.328 e. The van der Waals surface area contributed by atoms with Crippen LogP contribution in [-0.2, 0) is 0 Å². The highest BCUT2D eigenvalue weighted by atomic mass is 79.9. The molecule has 0 aliphatic rings. The van der Waals surface area contributed by atoms with Crippen LogP contribution in [-0.4, -0.2) is 24.5 Å². The number of rotatable bonds is 3. The van der Waals surface area contributed by atoms with Crippen LogP contribution in [0.3, 0.4) is 0 Å². The average molecular weight is 351 g/mol. The molecule has 0 radical (unpaired) electrons. The highest BCUT2D eigenvalue weighted by Crippen LogP contribution is 2.24. The normalized spacial score (nSPS) is 10.6. The molecule has 2 N–H and O–H groups in total. The fourth-order valence-corrected chi connectivity index (χ4v) is 1.79. The topological polar surface area (TPSA) is 91.7 Å². The number of halogens is 2. The van der Waals surface area contributed by atoms with Crippen molar-refractivity contribution in [2.45, 2.75) is 0 Å². The first-order valence-electron chi connectivity index (χ1n) is 5.74. The standard InChI is InChI=1S/C12H8BrFN6O/c13-8-2-1-7(5-9(8)14)21-12-18-10(15)17-11(19-12)20-4-3-16-6-20/h1-6H,(H2,15,17,18,19). The minimum Gasteiger partial charge on any atom is -0.424 e. The van der Waals surface area contributed by atoms with Crippen LogP contribution < -0.4 is 10.5 Å². The van der Waals surface area contributed by atoms with Crippen molar-refractivity contribution in [3.05, 3.63) is 47.2 Å². The lowest BCUT2D eigenvalue weighted by molar-refractivity contribution is 0.435. The van der Waals surface area contributed by atoms with Gasteiger partial charge in [0.05, 0.1) is 4.47 Å². The van der Waals surface area contributed by atoms with E-state index in [1.54, 1.807) is 23.0 Å². The van der Waals surface area contributed by atoms with Crippen molar-refractivity contribution in [1.82, 2.24) is 24.5 Å². The van der Waals surface area contributed by atoms with Crippen molar-refractivity contribution in [2.24, 2.45) is 0 Å². The van der Waals surface area contributed by atoms with Crippen molar-refractivity contribution < 1.29 is 9.13 Å². The number of nitrogens with zero attached hydrogens (tertiary/aromatic N) is 5. The van der Waals surface area contributed by atoms with Crippen LogP contribution in [0.4, 0.5) is 10.3 Å². The molecule has 21 heavy (non-hydrogen) atoms. The number of ether oxygens (including phenoxy) is 1. The highest BCUT2D eigenvalue weighted by molar-refractivity contribution is 9.10. The van der Waals surface area contributed by atoms with E-state index in [-0.39, 0.29) is 23.7 Å². The highest BCUT2D eigenvalue weighted by Gasteiger charge is 2.09. The summed E-state index contributed by atoms with van der Waals surface area (Å²) in [6, 6.07) is 4.27. The molecule has 0 amide bonds. The maximum atomic E-state index is 13.4. The number of nitrogens with two attached hydrogens (primary N) is 1. The van der Waals surface area contributed by atoms with Gasteiger partial charge < -0.3 is 10.5 Å². The molecular weight excluding hydrogens is 343 g/mol. The van der Waals surface area contributed by atoms with E-state index in [9.17, 15) is 4.39 Å². The Labute approximate surface area is 126 Å². The van der Waals surface area contributed by atoms with Gasteiger partial charge in [-0.3, -0.25) is 4.57 Å². The summed E-state index contributed by atoms with van der Waals surface area (Å²) < 4.78 is 20.7. The summed E-state index contributed by atoms with van der Waals surface area (Å²) in [6.45, 7) is 0. The Balaban J connectivity index is 1.93. The van der Waals surface area contributed by atoms with E-state index in [1.807, 2.05) is 0 Å². The molecule has 9 heteroatoms. The second-order valence-electron chi connectivity index (χ2n) is 3.92. The smallest absolute Gasteiger partial charge is 0.328 e. The maximum absolute atomic E-state index is 13.4. The van der Waals surface area contributed by atoms with Gasteiger partial charge in [-0.15, -0.1) is 0 Å². The third-order valence-electron chi connectivity index (χ3n) is 2.46. The van der Waals surface area contributed by atoms with E-state index in [1.165, 1.54) is 18.5 Å². The van der Waals surface area contributed by atoms with E-state index in [4.69, 9.17) is 10.5 Å². The quantitative estimate of drug-likeness (QED) is 0.779. The van der Waals surface area contributed by atoms with Crippen LogP contribution in [0, 0.1) is 5.82 Å². The van der Waals surface area contributed by atoms with Gasteiger partial charge in [-0.2, -0.15) is 15.0 Å². The van der Waals surface area contributed by atoms with Crippen LogP contribution in [0.5, 0.6) is 11.8 Å². The molecule has 2 aromatic heterocycles. The summed E-state index contributed by atoms with van der Waals surface area (Å²) in [5.74, 6) is 0.0381. The van der Waals surface area contributed by atoms with Crippen LogP contribution >= 0.6 is 15.9 Å². The van der Waals surface area contributed by atoms with Gasteiger partial charge in [0.15, 0.2) is 0 Å². The van der Waals surface area contributed by atoms with Crippen LogP contribution in [0.25, 0.3) is 5.95 Å². The number of nitrogen functional groups attached to an aromatic ring is 1. The fraction of sp³-hybridized carbons (Fsp3) is 0. The molecule has 0 bridgehead atoms. The van der Waals surface area contributed by atoms with E-state index in [2.05, 4.69) is 35.9 Å². The Hall–Kier alpha value is -2.55. The molecule has 2 heterocycles. The predicted octanol–water partition coefficient (Wildman–Crippen LogP) is 2.33. The third kappa shape index (κ3) is 2.97. The summed E-state index contributed by atoms with van der Waals surface area (Å²) in [5.41, 5.74) is 5.62. The Morgan fingerprint density at radius 1 is 1.24 bits per heavy atom. The van der Waals surface area contributed by atoms with E-state index in [0.29, 0.717) is 4.47 Å². The van der Waals surface area contributed by atoms with Gasteiger partial charge >= 0.3 is 6.01 Å². The summed E-state index contributed by atoms with van der Waals surface area (Å²) in [5, 5.41) is 0. The zero-order valence-corrected chi connectivity index (χ0v) is 12.0. The molecule has 7 nitrogen and oxygen atoms in total. The molecule has 0 aliphatic heterocycles. The van der Waals surface area contributed by atoms with Crippen molar-refractivity contribution in [1.29, 1.82) is 0 Å². The van der Waals surface area contributed by atoms with Crippen molar-refractivity contribution in [2.75, 3.05) is 5.73 Å².